The van der Waals surface area contributed by atoms with Crippen molar-refractivity contribution in [2.24, 2.45) is 5.10 Å². The number of hydrogen-bond acceptors (Lipinski definition) is 7. The molecule has 0 fully saturated rings. The molecule has 0 bridgehead atoms. The summed E-state index contributed by atoms with van der Waals surface area (Å²) >= 11 is 9.54. The summed E-state index contributed by atoms with van der Waals surface area (Å²) in [6.07, 6.45) is 1.45. The van der Waals surface area contributed by atoms with Crippen molar-refractivity contribution in [1.82, 2.24) is 15.2 Å². The molecule has 12 heteroatoms. The number of ether oxygens (including phenoxy) is 2. The smallest absolute Gasteiger partial charge is 0.312 e. The molecule has 0 aliphatic heterocycles. The number of benzene rings is 2. The second-order valence-corrected chi connectivity index (χ2v) is 8.70. The van der Waals surface area contributed by atoms with Gasteiger partial charge in [0.05, 0.1) is 22.2 Å². The van der Waals surface area contributed by atoms with Crippen LogP contribution < -0.4 is 14.9 Å². The van der Waals surface area contributed by atoms with E-state index in [2.05, 4.69) is 31.6 Å². The Labute approximate surface area is 215 Å². The van der Waals surface area contributed by atoms with E-state index in [1.54, 1.807) is 18.2 Å². The molecule has 0 radical (unpaired) electrons. The molecule has 0 aliphatic carbocycles. The Bertz CT molecular complexity index is 1280. The fourth-order valence-corrected chi connectivity index (χ4v) is 4.09. The van der Waals surface area contributed by atoms with Crippen molar-refractivity contribution in [3.8, 4) is 11.5 Å². The number of halogens is 2. The molecular weight excluding hydrogens is 542 g/mol. The minimum atomic E-state index is -0.513. The first-order valence-corrected chi connectivity index (χ1v) is 11.7. The van der Waals surface area contributed by atoms with E-state index in [0.717, 1.165) is 5.56 Å². The monoisotopic (exact) mass is 563 g/mol. The van der Waals surface area contributed by atoms with Crippen LogP contribution in [-0.2, 0) is 17.9 Å². The van der Waals surface area contributed by atoms with Gasteiger partial charge in [-0.05, 0) is 72.1 Å². The first-order chi connectivity index (χ1) is 16.7. The number of nitrogens with one attached hydrogen (secondary N) is 1. The van der Waals surface area contributed by atoms with Gasteiger partial charge >= 0.3 is 5.69 Å². The SMILES string of the molecule is CCOc1cc(/C=N/NC(=O)Cn2nc(C)c([N+](=O)[O-])c2C)cc(Br)c1OCc1cccc(Cl)c1. The van der Waals surface area contributed by atoms with E-state index in [1.165, 1.54) is 24.7 Å². The molecule has 0 unspecified atom stereocenters. The summed E-state index contributed by atoms with van der Waals surface area (Å²) in [6.45, 7) is 5.44. The van der Waals surface area contributed by atoms with Crippen LogP contribution in [0.3, 0.4) is 0 Å². The predicted octanol–water partition coefficient (Wildman–Crippen LogP) is 4.95. The Morgan fingerprint density at radius 3 is 2.74 bits per heavy atom. The van der Waals surface area contributed by atoms with E-state index in [4.69, 9.17) is 21.1 Å². The van der Waals surface area contributed by atoms with Crippen LogP contribution in [0.4, 0.5) is 5.69 Å². The van der Waals surface area contributed by atoms with E-state index in [-0.39, 0.29) is 17.9 Å². The molecule has 0 atom stereocenters. The number of hydrazone groups is 1. The lowest BCUT2D eigenvalue weighted by Gasteiger charge is -2.15. The van der Waals surface area contributed by atoms with Gasteiger partial charge in [0.2, 0.25) is 0 Å². The van der Waals surface area contributed by atoms with Crippen LogP contribution in [0.25, 0.3) is 0 Å². The first kappa shape index (κ1) is 26.2. The third-order valence-electron chi connectivity index (χ3n) is 4.83. The van der Waals surface area contributed by atoms with E-state index in [1.807, 2.05) is 25.1 Å². The van der Waals surface area contributed by atoms with E-state index < -0.39 is 10.8 Å². The minimum absolute atomic E-state index is 0.104. The molecule has 0 saturated carbocycles. The highest BCUT2D eigenvalue weighted by Crippen LogP contribution is 2.37. The molecule has 1 aromatic heterocycles. The van der Waals surface area contributed by atoms with Gasteiger partial charge in [0.15, 0.2) is 11.5 Å². The summed E-state index contributed by atoms with van der Waals surface area (Å²) < 4.78 is 13.6. The number of carbonyl (C=O) groups is 1. The summed E-state index contributed by atoms with van der Waals surface area (Å²) in [4.78, 5) is 22.9. The molecule has 2 aromatic carbocycles. The summed E-state index contributed by atoms with van der Waals surface area (Å²) in [5.41, 5.74) is 4.40. The maximum absolute atomic E-state index is 12.3. The standard InChI is InChI=1S/C23H23BrClN5O5/c1-4-34-20-10-17(9-19(24)23(20)35-13-16-6-5-7-18(25)8-16)11-26-27-21(31)12-29-15(3)22(30(32)33)14(2)28-29/h5-11H,4,12-13H2,1-3H3,(H,27,31)/b26-11+. The van der Waals surface area contributed by atoms with Crippen LogP contribution in [-0.4, -0.2) is 33.4 Å². The highest BCUT2D eigenvalue weighted by Gasteiger charge is 2.22. The molecular formula is C23H23BrClN5O5. The zero-order valence-corrected chi connectivity index (χ0v) is 21.6. The molecule has 1 N–H and O–H groups in total. The van der Waals surface area contributed by atoms with Crippen LogP contribution in [0.5, 0.6) is 11.5 Å². The van der Waals surface area contributed by atoms with E-state index >= 15 is 0 Å². The first-order valence-electron chi connectivity index (χ1n) is 10.5. The molecule has 184 valence electrons. The summed E-state index contributed by atoms with van der Waals surface area (Å²) in [7, 11) is 0. The topological polar surface area (TPSA) is 121 Å². The molecule has 1 amide bonds. The molecule has 3 aromatic rings. The Hall–Kier alpha value is -3.44. The van der Waals surface area contributed by atoms with Crippen LogP contribution in [0.1, 0.15) is 29.4 Å². The van der Waals surface area contributed by atoms with Gasteiger partial charge in [-0.2, -0.15) is 10.2 Å². The van der Waals surface area contributed by atoms with Gasteiger partial charge in [0.1, 0.15) is 24.5 Å². The quantitative estimate of drug-likeness (QED) is 0.211. The lowest BCUT2D eigenvalue weighted by atomic mass is 10.2. The van der Waals surface area contributed by atoms with Crippen LogP contribution in [0.2, 0.25) is 5.02 Å². The van der Waals surface area contributed by atoms with E-state index in [0.29, 0.717) is 45.5 Å². The predicted molar refractivity (Wildman–Crippen MR) is 135 cm³/mol. The number of rotatable bonds is 10. The summed E-state index contributed by atoms with van der Waals surface area (Å²) in [5, 5.41) is 19.8. The van der Waals surface area contributed by atoms with Crippen molar-refractivity contribution in [1.29, 1.82) is 0 Å². The van der Waals surface area contributed by atoms with E-state index in [9.17, 15) is 14.9 Å². The second-order valence-electron chi connectivity index (χ2n) is 7.41. The highest BCUT2D eigenvalue weighted by molar-refractivity contribution is 9.10. The van der Waals surface area contributed by atoms with Gasteiger partial charge in [-0.1, -0.05) is 23.7 Å². The Kier molecular flexibility index (Phi) is 8.83. The third-order valence-corrected chi connectivity index (χ3v) is 5.65. The fraction of sp³-hybridized carbons (Fsp3) is 0.261. The van der Waals surface area contributed by atoms with Crippen molar-refractivity contribution < 1.29 is 19.2 Å². The number of amides is 1. The molecule has 10 nitrogen and oxygen atoms in total. The summed E-state index contributed by atoms with van der Waals surface area (Å²) in [6, 6.07) is 10.9. The largest absolute Gasteiger partial charge is 0.490 e. The van der Waals surface area contributed by atoms with Crippen molar-refractivity contribution in [3.63, 3.8) is 0 Å². The average Bonchev–Trinajstić information content (AvgIpc) is 3.06. The number of hydrogen-bond donors (Lipinski definition) is 1. The van der Waals surface area contributed by atoms with Gasteiger partial charge < -0.3 is 9.47 Å². The van der Waals surface area contributed by atoms with Gasteiger partial charge in [-0.15, -0.1) is 0 Å². The van der Waals surface area contributed by atoms with Crippen LogP contribution in [0, 0.1) is 24.0 Å². The number of nitro groups is 1. The Morgan fingerprint density at radius 1 is 1.31 bits per heavy atom. The molecule has 35 heavy (non-hydrogen) atoms. The molecule has 0 aliphatic rings. The van der Waals surface area contributed by atoms with Gasteiger partial charge in [0, 0.05) is 5.02 Å². The fourth-order valence-electron chi connectivity index (χ4n) is 3.30. The Balaban J connectivity index is 1.68. The second kappa shape index (κ2) is 11.8. The number of aromatic nitrogens is 2. The molecule has 0 saturated heterocycles. The zero-order chi connectivity index (χ0) is 25.5. The maximum Gasteiger partial charge on any atom is 0.312 e. The third kappa shape index (κ3) is 6.80. The number of aryl methyl sites for hydroxylation is 1. The van der Waals surface area contributed by atoms with Crippen LogP contribution in [0.15, 0.2) is 46.0 Å². The van der Waals surface area contributed by atoms with Crippen molar-refractivity contribution in [2.45, 2.75) is 33.9 Å². The zero-order valence-electron chi connectivity index (χ0n) is 19.2. The Morgan fingerprint density at radius 2 is 2.09 bits per heavy atom. The molecule has 3 rings (SSSR count). The van der Waals surface area contributed by atoms with Crippen LogP contribution >= 0.6 is 27.5 Å². The minimum Gasteiger partial charge on any atom is -0.490 e. The lowest BCUT2D eigenvalue weighted by Crippen LogP contribution is -2.24. The van der Waals surface area contributed by atoms with Crippen molar-refractivity contribution in [2.75, 3.05) is 6.61 Å². The van der Waals surface area contributed by atoms with Gasteiger partial charge in [0.25, 0.3) is 5.91 Å². The molecule has 1 heterocycles. The van der Waals surface area contributed by atoms with Crippen molar-refractivity contribution in [3.05, 3.63) is 78.5 Å². The van der Waals surface area contributed by atoms with Gasteiger partial charge in [-0.25, -0.2) is 5.43 Å². The van der Waals surface area contributed by atoms with Crippen molar-refractivity contribution >= 4 is 45.3 Å². The molecule has 0 spiro atoms. The van der Waals surface area contributed by atoms with Gasteiger partial charge in [-0.3, -0.25) is 19.6 Å². The number of carbonyl (C=O) groups excluding carboxylic acids is 1. The maximum atomic E-state index is 12.3. The highest BCUT2D eigenvalue weighted by atomic mass is 79.9. The lowest BCUT2D eigenvalue weighted by molar-refractivity contribution is -0.386. The average molecular weight is 565 g/mol. The normalized spacial score (nSPS) is 11.0. The number of nitrogens with zero attached hydrogens (tertiary/aromatic N) is 4. The summed E-state index contributed by atoms with van der Waals surface area (Å²) in [5.74, 6) is 0.554.